The van der Waals surface area contributed by atoms with Crippen LogP contribution in [0, 0.1) is 11.6 Å². The third-order valence-electron chi connectivity index (χ3n) is 5.18. The Morgan fingerprint density at radius 3 is 2.61 bits per heavy atom. The van der Waals surface area contributed by atoms with Crippen molar-refractivity contribution in [1.82, 2.24) is 14.9 Å². The second kappa shape index (κ2) is 10.5. The van der Waals surface area contributed by atoms with Crippen molar-refractivity contribution in [3.8, 4) is 0 Å². The minimum atomic E-state index is -0.628. The fraction of sp³-hybridized carbons (Fsp3) is 0.417. The average molecular weight is 429 g/mol. The Kier molecular flexibility index (Phi) is 7.74. The maximum Gasteiger partial charge on any atom is 0.227 e. The lowest BCUT2D eigenvalue weighted by Gasteiger charge is -2.23. The van der Waals surface area contributed by atoms with Crippen LogP contribution >= 0.6 is 0 Å². The van der Waals surface area contributed by atoms with Gasteiger partial charge in [-0.05, 0) is 49.2 Å². The second-order valence-corrected chi connectivity index (χ2v) is 7.61. The molecule has 0 fully saturated rings. The van der Waals surface area contributed by atoms with Crippen LogP contribution in [0.1, 0.15) is 51.4 Å². The standard InChI is InChI=1S/C24H30F2N4O/c1-4-7-24(31)30(22-14-18(25)9-10-19(22)26)16-23-28-20-13-17(15-27-6-3)8-11-21(20)29(23)12-5-2/h8-11,13-14,27H,4-7,12,15-16H2,1-3H3. The highest BCUT2D eigenvalue weighted by atomic mass is 19.1. The summed E-state index contributed by atoms with van der Waals surface area (Å²) >= 11 is 0. The number of nitrogens with zero attached hydrogens (tertiary/aromatic N) is 3. The number of halogens is 2. The number of imidazole rings is 1. The lowest BCUT2D eigenvalue weighted by atomic mass is 10.2. The summed E-state index contributed by atoms with van der Waals surface area (Å²) in [5.41, 5.74) is 2.87. The zero-order chi connectivity index (χ0) is 22.4. The van der Waals surface area contributed by atoms with Gasteiger partial charge in [0.2, 0.25) is 5.91 Å². The molecule has 5 nitrogen and oxygen atoms in total. The number of aryl methyl sites for hydroxylation is 1. The first-order valence-electron chi connectivity index (χ1n) is 10.9. The molecule has 0 aliphatic carbocycles. The molecule has 1 heterocycles. The van der Waals surface area contributed by atoms with Crippen molar-refractivity contribution < 1.29 is 13.6 Å². The first-order chi connectivity index (χ1) is 15.0. The maximum absolute atomic E-state index is 14.6. The van der Waals surface area contributed by atoms with Crippen molar-refractivity contribution in [2.45, 2.75) is 59.7 Å². The number of rotatable bonds is 10. The zero-order valence-corrected chi connectivity index (χ0v) is 18.4. The van der Waals surface area contributed by atoms with Gasteiger partial charge < -0.3 is 14.8 Å². The molecule has 1 aromatic heterocycles. The van der Waals surface area contributed by atoms with Crippen molar-refractivity contribution in [3.05, 3.63) is 59.4 Å². The highest BCUT2D eigenvalue weighted by molar-refractivity contribution is 5.93. The molecule has 0 aliphatic heterocycles. The number of hydrogen-bond donors (Lipinski definition) is 1. The van der Waals surface area contributed by atoms with Gasteiger partial charge in [-0.1, -0.05) is 26.8 Å². The predicted molar refractivity (Wildman–Crippen MR) is 120 cm³/mol. The van der Waals surface area contributed by atoms with Gasteiger partial charge in [0.05, 0.1) is 23.3 Å². The van der Waals surface area contributed by atoms with Crippen LogP contribution in [-0.2, 0) is 24.4 Å². The highest BCUT2D eigenvalue weighted by Crippen LogP contribution is 2.26. The molecule has 0 bridgehead atoms. The number of anilines is 1. The Hall–Kier alpha value is -2.80. The number of carbonyl (C=O) groups is 1. The van der Waals surface area contributed by atoms with Crippen LogP contribution in [0.4, 0.5) is 14.5 Å². The molecule has 1 amide bonds. The Labute approximate surface area is 182 Å². The van der Waals surface area contributed by atoms with E-state index >= 15 is 0 Å². The Morgan fingerprint density at radius 2 is 1.90 bits per heavy atom. The number of aromatic nitrogens is 2. The van der Waals surface area contributed by atoms with E-state index in [1.54, 1.807) is 0 Å². The summed E-state index contributed by atoms with van der Waals surface area (Å²) in [6, 6.07) is 9.32. The largest absolute Gasteiger partial charge is 0.326 e. The van der Waals surface area contributed by atoms with Crippen LogP contribution < -0.4 is 10.2 Å². The van der Waals surface area contributed by atoms with Crippen molar-refractivity contribution in [1.29, 1.82) is 0 Å². The van der Waals surface area contributed by atoms with Gasteiger partial charge in [-0.2, -0.15) is 0 Å². The third-order valence-corrected chi connectivity index (χ3v) is 5.18. The molecule has 0 radical (unpaired) electrons. The number of amides is 1. The number of carbonyl (C=O) groups excluding carboxylic acids is 1. The summed E-state index contributed by atoms with van der Waals surface area (Å²) < 4.78 is 30.5. The van der Waals surface area contributed by atoms with Gasteiger partial charge >= 0.3 is 0 Å². The lowest BCUT2D eigenvalue weighted by Crippen LogP contribution is -2.32. The van der Waals surface area contributed by atoms with E-state index in [9.17, 15) is 13.6 Å². The van der Waals surface area contributed by atoms with Gasteiger partial charge in [-0.15, -0.1) is 0 Å². The number of hydrogen-bond acceptors (Lipinski definition) is 3. The van der Waals surface area contributed by atoms with Crippen LogP contribution in [0.25, 0.3) is 11.0 Å². The second-order valence-electron chi connectivity index (χ2n) is 7.61. The molecule has 0 saturated carbocycles. The molecule has 1 N–H and O–H groups in total. The van der Waals surface area contributed by atoms with Crippen LogP contribution in [0.5, 0.6) is 0 Å². The van der Waals surface area contributed by atoms with E-state index in [2.05, 4.69) is 29.8 Å². The van der Waals surface area contributed by atoms with Gasteiger partial charge in [-0.25, -0.2) is 13.8 Å². The van der Waals surface area contributed by atoms with E-state index in [1.807, 2.05) is 19.1 Å². The molecule has 0 saturated heterocycles. The van der Waals surface area contributed by atoms with E-state index in [-0.39, 0.29) is 24.6 Å². The van der Waals surface area contributed by atoms with Gasteiger partial charge in [0.1, 0.15) is 17.5 Å². The summed E-state index contributed by atoms with van der Waals surface area (Å²) in [4.78, 5) is 19.0. The SMILES string of the molecule is CCCC(=O)N(Cc1nc2cc(CNCC)ccc2n1CCC)c1cc(F)ccc1F. The van der Waals surface area contributed by atoms with Crippen LogP contribution in [-0.4, -0.2) is 22.0 Å². The number of nitrogens with one attached hydrogen (secondary N) is 1. The van der Waals surface area contributed by atoms with Crippen LogP contribution in [0.2, 0.25) is 0 Å². The molecular weight excluding hydrogens is 398 g/mol. The summed E-state index contributed by atoms with van der Waals surface area (Å²) in [6.45, 7) is 8.44. The topological polar surface area (TPSA) is 50.2 Å². The van der Waals surface area contributed by atoms with Gasteiger partial charge in [0, 0.05) is 25.6 Å². The normalized spacial score (nSPS) is 11.3. The summed E-state index contributed by atoms with van der Waals surface area (Å²) in [6.07, 6.45) is 1.75. The quantitative estimate of drug-likeness (QED) is 0.485. The molecule has 166 valence electrons. The first-order valence-corrected chi connectivity index (χ1v) is 10.9. The van der Waals surface area contributed by atoms with Crippen LogP contribution in [0.15, 0.2) is 36.4 Å². The van der Waals surface area contributed by atoms with E-state index in [0.717, 1.165) is 60.9 Å². The van der Waals surface area contributed by atoms with Crippen LogP contribution in [0.3, 0.4) is 0 Å². The summed E-state index contributed by atoms with van der Waals surface area (Å²) in [5.74, 6) is -0.807. The van der Waals surface area contributed by atoms with Crippen molar-refractivity contribution in [2.75, 3.05) is 11.4 Å². The number of fused-ring (bicyclic) bond motifs is 1. The van der Waals surface area contributed by atoms with Crippen molar-refractivity contribution >= 4 is 22.6 Å². The molecule has 2 aromatic carbocycles. The van der Waals surface area contributed by atoms with E-state index in [0.29, 0.717) is 12.2 Å². The molecule has 3 aromatic rings. The maximum atomic E-state index is 14.6. The monoisotopic (exact) mass is 428 g/mol. The molecule has 0 spiro atoms. The minimum Gasteiger partial charge on any atom is -0.326 e. The highest BCUT2D eigenvalue weighted by Gasteiger charge is 2.23. The fourth-order valence-electron chi connectivity index (χ4n) is 3.69. The van der Waals surface area contributed by atoms with E-state index in [4.69, 9.17) is 4.98 Å². The fourth-order valence-corrected chi connectivity index (χ4v) is 3.69. The van der Waals surface area contributed by atoms with E-state index < -0.39 is 11.6 Å². The third kappa shape index (κ3) is 5.28. The minimum absolute atomic E-state index is 0.0543. The van der Waals surface area contributed by atoms with Gasteiger partial charge in [-0.3, -0.25) is 4.79 Å². The molecule has 3 rings (SSSR count). The van der Waals surface area contributed by atoms with Crippen molar-refractivity contribution in [3.63, 3.8) is 0 Å². The smallest absolute Gasteiger partial charge is 0.227 e. The molecular formula is C24H30F2N4O. The Bertz CT molecular complexity index is 1050. The molecule has 0 unspecified atom stereocenters. The zero-order valence-electron chi connectivity index (χ0n) is 18.4. The molecule has 0 atom stereocenters. The molecule has 7 heteroatoms. The summed E-state index contributed by atoms with van der Waals surface area (Å²) in [7, 11) is 0. The lowest BCUT2D eigenvalue weighted by molar-refractivity contribution is -0.118. The average Bonchev–Trinajstić information content (AvgIpc) is 3.09. The molecule has 31 heavy (non-hydrogen) atoms. The summed E-state index contributed by atoms with van der Waals surface area (Å²) in [5, 5.41) is 3.31. The molecule has 0 aliphatic rings. The first kappa shape index (κ1) is 22.9. The van der Waals surface area contributed by atoms with Crippen molar-refractivity contribution in [2.24, 2.45) is 0 Å². The van der Waals surface area contributed by atoms with Gasteiger partial charge in [0.15, 0.2) is 0 Å². The Balaban J connectivity index is 2.04. The van der Waals surface area contributed by atoms with E-state index in [1.165, 1.54) is 4.90 Å². The Morgan fingerprint density at radius 1 is 1.10 bits per heavy atom. The predicted octanol–water partition coefficient (Wildman–Crippen LogP) is 5.17. The number of benzene rings is 2. The van der Waals surface area contributed by atoms with Gasteiger partial charge in [0.25, 0.3) is 0 Å².